The minimum absolute atomic E-state index is 0.0279. The van der Waals surface area contributed by atoms with E-state index >= 15 is 0 Å². The smallest absolute Gasteiger partial charge is 0.146 e. The number of rotatable bonds is 20. The van der Waals surface area contributed by atoms with Gasteiger partial charge < -0.3 is 29.2 Å². The first kappa shape index (κ1) is 44.7. The van der Waals surface area contributed by atoms with E-state index in [1.165, 1.54) is 16.7 Å². The topological polar surface area (TPSA) is 67.1 Å². The van der Waals surface area contributed by atoms with Crippen LogP contribution in [0.5, 0.6) is 11.5 Å². The van der Waals surface area contributed by atoms with Crippen molar-refractivity contribution in [3.8, 4) is 11.5 Å². The third-order valence-electron chi connectivity index (χ3n) is 10.6. The molecule has 0 aliphatic heterocycles. The molecular weight excluding hydrogens is 705 g/mol. The molecule has 3 unspecified atom stereocenters. The normalized spacial score (nSPS) is 14.4. The number of aromatic nitrogens is 1. The van der Waals surface area contributed by atoms with Crippen LogP contribution in [0.4, 0.5) is 5.69 Å². The van der Waals surface area contributed by atoms with Crippen LogP contribution < -0.4 is 9.64 Å². The number of aliphatic hydroxyl groups excluding tert-OH is 1. The second kappa shape index (κ2) is 20.9. The highest BCUT2D eigenvalue weighted by Gasteiger charge is 2.20. The molecule has 0 amide bonds. The highest BCUT2D eigenvalue weighted by molar-refractivity contribution is 5.94. The van der Waals surface area contributed by atoms with E-state index in [4.69, 9.17) is 9.47 Å². The fraction of sp³-hybridized carbons (Fsp3) is 0.373. The summed E-state index contributed by atoms with van der Waals surface area (Å²) in [4.78, 5) is 2.13. The molecule has 304 valence electrons. The SMILES string of the molecule is C=Cc1c(/C=C\C)c2ccccc2n1C(C)/C=C(C)\C=C(\c1ccccc1OC(C)CCOCC(=C)c1cc(C)cc(N(C)/C(CCC)=C(\C)CC)c1O)C(C)O. The maximum atomic E-state index is 11.4. The highest BCUT2D eigenvalue weighted by atomic mass is 16.5. The average molecular weight is 771 g/mol. The van der Waals surface area contributed by atoms with Gasteiger partial charge in [0.1, 0.15) is 11.5 Å². The summed E-state index contributed by atoms with van der Waals surface area (Å²) in [6, 6.07) is 20.4. The van der Waals surface area contributed by atoms with Crippen molar-refractivity contribution < 1.29 is 19.7 Å². The molecular formula is C51H66N2O4. The molecule has 57 heavy (non-hydrogen) atoms. The molecule has 0 aliphatic rings. The number of hydrogen-bond donors (Lipinski definition) is 2. The number of aromatic hydroxyl groups is 1. The molecule has 2 N–H and O–H groups in total. The van der Waals surface area contributed by atoms with Crippen LogP contribution in [0.15, 0.2) is 109 Å². The monoisotopic (exact) mass is 771 g/mol. The van der Waals surface area contributed by atoms with Crippen LogP contribution in [0.2, 0.25) is 0 Å². The summed E-state index contributed by atoms with van der Waals surface area (Å²) in [6.45, 7) is 27.9. The van der Waals surface area contributed by atoms with E-state index in [0.29, 0.717) is 24.3 Å². The summed E-state index contributed by atoms with van der Waals surface area (Å²) in [5.41, 5.74) is 11.9. The summed E-state index contributed by atoms with van der Waals surface area (Å²) in [7, 11) is 2.03. The molecule has 0 fully saturated rings. The van der Waals surface area contributed by atoms with Crippen LogP contribution in [0.3, 0.4) is 0 Å². The van der Waals surface area contributed by atoms with Crippen molar-refractivity contribution in [2.45, 2.75) is 106 Å². The molecule has 0 saturated carbocycles. The molecule has 4 aromatic rings. The number of ether oxygens (including phenoxy) is 2. The van der Waals surface area contributed by atoms with Crippen LogP contribution in [-0.4, -0.2) is 47.2 Å². The van der Waals surface area contributed by atoms with E-state index in [1.54, 1.807) is 6.92 Å². The van der Waals surface area contributed by atoms with E-state index in [9.17, 15) is 10.2 Å². The summed E-state index contributed by atoms with van der Waals surface area (Å²) < 4.78 is 14.9. The van der Waals surface area contributed by atoms with Crippen LogP contribution in [0.1, 0.15) is 115 Å². The largest absolute Gasteiger partial charge is 0.505 e. The van der Waals surface area contributed by atoms with Crippen molar-refractivity contribution in [1.29, 1.82) is 0 Å². The lowest BCUT2D eigenvalue weighted by Crippen LogP contribution is -2.19. The number of phenols is 1. The lowest BCUT2D eigenvalue weighted by atomic mass is 9.97. The minimum Gasteiger partial charge on any atom is -0.505 e. The molecule has 1 aromatic heterocycles. The Hall–Kier alpha value is -5.04. The molecule has 4 rings (SSSR count). The number of anilines is 1. The number of para-hydroxylation sites is 2. The lowest BCUT2D eigenvalue weighted by molar-refractivity contribution is 0.118. The number of benzene rings is 3. The van der Waals surface area contributed by atoms with Gasteiger partial charge in [-0.05, 0) is 108 Å². The van der Waals surface area contributed by atoms with Gasteiger partial charge in [-0.3, -0.25) is 0 Å². The van der Waals surface area contributed by atoms with Gasteiger partial charge in [0.15, 0.2) is 0 Å². The van der Waals surface area contributed by atoms with Gasteiger partial charge in [-0.2, -0.15) is 0 Å². The summed E-state index contributed by atoms with van der Waals surface area (Å²) in [6.07, 6.45) is 13.1. The summed E-state index contributed by atoms with van der Waals surface area (Å²) in [5, 5.41) is 23.7. The third-order valence-corrected chi connectivity index (χ3v) is 10.6. The van der Waals surface area contributed by atoms with E-state index in [-0.39, 0.29) is 24.5 Å². The Labute approximate surface area is 342 Å². The van der Waals surface area contributed by atoms with E-state index in [1.807, 2.05) is 70.3 Å². The molecule has 3 atom stereocenters. The van der Waals surface area contributed by atoms with Crippen LogP contribution in [0.25, 0.3) is 34.2 Å². The number of aryl methyl sites for hydroxylation is 1. The first-order chi connectivity index (χ1) is 27.3. The number of allylic oxidation sites excluding steroid dienone is 6. The quantitative estimate of drug-likeness (QED) is 0.0692. The van der Waals surface area contributed by atoms with Crippen molar-refractivity contribution >= 4 is 39.9 Å². The molecule has 0 bridgehead atoms. The number of hydrogen-bond acceptors (Lipinski definition) is 5. The van der Waals surface area contributed by atoms with E-state index < -0.39 is 6.10 Å². The highest BCUT2D eigenvalue weighted by Crippen LogP contribution is 2.39. The molecule has 1 heterocycles. The van der Waals surface area contributed by atoms with E-state index in [2.05, 4.69) is 106 Å². The van der Waals surface area contributed by atoms with Crippen molar-refractivity contribution in [1.82, 2.24) is 4.57 Å². The summed E-state index contributed by atoms with van der Waals surface area (Å²) in [5.74, 6) is 0.933. The molecule has 0 saturated heterocycles. The van der Waals surface area contributed by atoms with E-state index in [0.717, 1.165) is 69.6 Å². The minimum atomic E-state index is -0.723. The van der Waals surface area contributed by atoms with Crippen molar-refractivity contribution in [2.24, 2.45) is 0 Å². The van der Waals surface area contributed by atoms with Crippen molar-refractivity contribution in [3.63, 3.8) is 0 Å². The Morgan fingerprint density at radius 1 is 1.00 bits per heavy atom. The molecule has 6 nitrogen and oxygen atoms in total. The van der Waals surface area contributed by atoms with Gasteiger partial charge in [-0.15, -0.1) is 0 Å². The first-order valence-corrected chi connectivity index (χ1v) is 20.5. The standard InChI is InChI=1S/C51H66N2O4/c1-13-21-41-42-23-17-19-25-48(42)53(46(41)16-4)38(9)29-34(5)31-45(40(11)54)43-24-18-20-26-50(43)57-39(10)27-28-56-33-37(8)44-30-35(6)32-49(51(44)55)52(12)47(22-14-2)36(7)15-3/h13,16-21,23-26,29-32,38-40,54-55H,4,8,14-15,22,27-28,33H2,1-3,5-7,9-12H3/b21-13-,34-29-,45-31+,47-36+. The number of nitrogens with zero attached hydrogens (tertiary/aromatic N) is 2. The Morgan fingerprint density at radius 3 is 2.37 bits per heavy atom. The van der Waals surface area contributed by atoms with Gasteiger partial charge in [-0.1, -0.05) is 105 Å². The maximum absolute atomic E-state index is 11.4. The van der Waals surface area contributed by atoms with Crippen LogP contribution >= 0.6 is 0 Å². The zero-order chi connectivity index (χ0) is 41.8. The van der Waals surface area contributed by atoms with Gasteiger partial charge in [0.05, 0.1) is 31.1 Å². The summed E-state index contributed by atoms with van der Waals surface area (Å²) >= 11 is 0. The van der Waals surface area contributed by atoms with Gasteiger partial charge in [0.25, 0.3) is 0 Å². The zero-order valence-corrected chi connectivity index (χ0v) is 36.2. The fourth-order valence-electron chi connectivity index (χ4n) is 7.61. The molecule has 0 spiro atoms. The number of fused-ring (bicyclic) bond motifs is 1. The van der Waals surface area contributed by atoms with Gasteiger partial charge in [0.2, 0.25) is 0 Å². The fourth-order valence-corrected chi connectivity index (χ4v) is 7.61. The van der Waals surface area contributed by atoms with Crippen LogP contribution in [-0.2, 0) is 4.74 Å². The van der Waals surface area contributed by atoms with Gasteiger partial charge in [0, 0.05) is 58.5 Å². The molecule has 0 radical (unpaired) electrons. The third kappa shape index (κ3) is 10.9. The number of phenolic OH excluding ortho intramolecular Hbond substituents is 1. The Balaban J connectivity index is 1.46. The predicted molar refractivity (Wildman–Crippen MR) is 245 cm³/mol. The molecule has 0 aliphatic carbocycles. The zero-order valence-electron chi connectivity index (χ0n) is 36.2. The second-order valence-electron chi connectivity index (χ2n) is 15.3. The lowest BCUT2D eigenvalue weighted by Gasteiger charge is -2.27. The Kier molecular flexibility index (Phi) is 16.4. The Morgan fingerprint density at radius 2 is 1.70 bits per heavy atom. The number of aliphatic hydroxyl groups is 1. The van der Waals surface area contributed by atoms with Crippen molar-refractivity contribution in [3.05, 3.63) is 137 Å². The maximum Gasteiger partial charge on any atom is 0.146 e. The molecule has 3 aromatic carbocycles. The molecule has 6 heteroatoms. The Bertz CT molecular complexity index is 2140. The predicted octanol–water partition coefficient (Wildman–Crippen LogP) is 13.1. The van der Waals surface area contributed by atoms with Crippen LogP contribution in [0, 0.1) is 6.92 Å². The van der Waals surface area contributed by atoms with Gasteiger partial charge >= 0.3 is 0 Å². The average Bonchev–Trinajstić information content (AvgIpc) is 3.51. The van der Waals surface area contributed by atoms with Crippen molar-refractivity contribution in [2.75, 3.05) is 25.2 Å². The van der Waals surface area contributed by atoms with Gasteiger partial charge in [-0.25, -0.2) is 0 Å². The first-order valence-electron chi connectivity index (χ1n) is 20.5. The second-order valence-corrected chi connectivity index (χ2v) is 15.3.